The number of carbonyl (C=O) groups excluding carboxylic acids is 2. The summed E-state index contributed by atoms with van der Waals surface area (Å²) in [4.78, 5) is 23.3. The molecule has 1 aromatic carbocycles. The van der Waals surface area contributed by atoms with Gasteiger partial charge >= 0.3 is 0 Å². The van der Waals surface area contributed by atoms with Crippen molar-refractivity contribution >= 4 is 17.5 Å². The number of carbonyl (C=O) groups is 2. The van der Waals surface area contributed by atoms with Gasteiger partial charge in [0.15, 0.2) is 0 Å². The van der Waals surface area contributed by atoms with Gasteiger partial charge in [0.2, 0.25) is 5.91 Å². The van der Waals surface area contributed by atoms with Crippen molar-refractivity contribution in [3.63, 3.8) is 0 Å². The molecule has 0 radical (unpaired) electrons. The number of aryl methyl sites for hydroxylation is 1. The van der Waals surface area contributed by atoms with Gasteiger partial charge in [0.1, 0.15) is 0 Å². The summed E-state index contributed by atoms with van der Waals surface area (Å²) in [6.07, 6.45) is 1.98. The number of hydrogen-bond acceptors (Lipinski definition) is 2. The lowest BCUT2D eigenvalue weighted by molar-refractivity contribution is -0.117. The van der Waals surface area contributed by atoms with Crippen LogP contribution in [0.2, 0.25) is 0 Å². The summed E-state index contributed by atoms with van der Waals surface area (Å²) in [5.41, 5.74) is 2.33. The van der Waals surface area contributed by atoms with E-state index in [1.807, 2.05) is 13.8 Å². The molecule has 2 N–H and O–H groups in total. The van der Waals surface area contributed by atoms with Crippen molar-refractivity contribution in [2.24, 2.45) is 5.92 Å². The molecule has 96 valence electrons. The Hall–Kier alpha value is -1.84. The van der Waals surface area contributed by atoms with Crippen LogP contribution in [-0.2, 0) is 4.79 Å². The third-order valence-electron chi connectivity index (χ3n) is 3.03. The van der Waals surface area contributed by atoms with Crippen LogP contribution in [0.25, 0.3) is 0 Å². The highest BCUT2D eigenvalue weighted by atomic mass is 16.2. The van der Waals surface area contributed by atoms with Crippen LogP contribution in [-0.4, -0.2) is 18.4 Å². The standard InChI is InChI=1S/C14H18N2O2/c1-3-15-13(17)11-6-7-12(9(2)8-11)16-14(18)10-4-5-10/h6-8,10H,3-5H2,1-2H3,(H,15,17)(H,16,18). The molecule has 0 bridgehead atoms. The van der Waals surface area contributed by atoms with Crippen molar-refractivity contribution in [1.29, 1.82) is 0 Å². The smallest absolute Gasteiger partial charge is 0.251 e. The van der Waals surface area contributed by atoms with Gasteiger partial charge in [-0.1, -0.05) is 0 Å². The van der Waals surface area contributed by atoms with Crippen LogP contribution < -0.4 is 10.6 Å². The maximum atomic E-state index is 11.7. The Bertz CT molecular complexity index is 479. The zero-order valence-corrected chi connectivity index (χ0v) is 10.7. The molecule has 18 heavy (non-hydrogen) atoms. The quantitative estimate of drug-likeness (QED) is 0.854. The van der Waals surface area contributed by atoms with Crippen LogP contribution in [0.3, 0.4) is 0 Å². The van der Waals surface area contributed by atoms with E-state index in [4.69, 9.17) is 0 Å². The van der Waals surface area contributed by atoms with E-state index < -0.39 is 0 Å². The van der Waals surface area contributed by atoms with E-state index in [2.05, 4.69) is 10.6 Å². The third kappa shape index (κ3) is 2.88. The maximum Gasteiger partial charge on any atom is 0.251 e. The molecule has 1 aliphatic rings. The molecule has 0 saturated heterocycles. The number of benzene rings is 1. The predicted octanol–water partition coefficient (Wildman–Crippen LogP) is 2.09. The second-order valence-corrected chi connectivity index (χ2v) is 4.65. The van der Waals surface area contributed by atoms with Crippen LogP contribution in [0.5, 0.6) is 0 Å². The summed E-state index contributed by atoms with van der Waals surface area (Å²) >= 11 is 0. The van der Waals surface area contributed by atoms with Gasteiger partial charge < -0.3 is 10.6 Å². The summed E-state index contributed by atoms with van der Waals surface area (Å²) in [7, 11) is 0. The van der Waals surface area contributed by atoms with E-state index in [1.165, 1.54) is 0 Å². The second kappa shape index (κ2) is 5.21. The molecule has 0 aromatic heterocycles. The van der Waals surface area contributed by atoms with Gasteiger partial charge in [0, 0.05) is 23.7 Å². The predicted molar refractivity (Wildman–Crippen MR) is 70.5 cm³/mol. The zero-order chi connectivity index (χ0) is 13.1. The van der Waals surface area contributed by atoms with E-state index in [0.717, 1.165) is 24.1 Å². The van der Waals surface area contributed by atoms with E-state index in [-0.39, 0.29) is 17.7 Å². The fraction of sp³-hybridized carbons (Fsp3) is 0.429. The molecule has 1 saturated carbocycles. The second-order valence-electron chi connectivity index (χ2n) is 4.65. The topological polar surface area (TPSA) is 58.2 Å². The van der Waals surface area contributed by atoms with Gasteiger partial charge in [-0.15, -0.1) is 0 Å². The summed E-state index contributed by atoms with van der Waals surface area (Å²) < 4.78 is 0. The number of amides is 2. The molecular weight excluding hydrogens is 228 g/mol. The lowest BCUT2D eigenvalue weighted by atomic mass is 10.1. The highest BCUT2D eigenvalue weighted by molar-refractivity contribution is 5.97. The van der Waals surface area contributed by atoms with Crippen LogP contribution in [0.15, 0.2) is 18.2 Å². The third-order valence-corrected chi connectivity index (χ3v) is 3.03. The number of anilines is 1. The van der Waals surface area contributed by atoms with Crippen molar-refractivity contribution in [1.82, 2.24) is 5.32 Å². The maximum absolute atomic E-state index is 11.7. The minimum Gasteiger partial charge on any atom is -0.352 e. The Morgan fingerprint density at radius 1 is 1.33 bits per heavy atom. The summed E-state index contributed by atoms with van der Waals surface area (Å²) in [5, 5.41) is 5.65. The van der Waals surface area contributed by atoms with Crippen LogP contribution in [0, 0.1) is 12.8 Å². The monoisotopic (exact) mass is 246 g/mol. The fourth-order valence-corrected chi connectivity index (χ4v) is 1.79. The van der Waals surface area contributed by atoms with Gasteiger partial charge in [-0.05, 0) is 50.5 Å². The normalized spacial score (nSPS) is 14.1. The molecular formula is C14H18N2O2. The molecule has 1 fully saturated rings. The van der Waals surface area contributed by atoms with Gasteiger partial charge in [0.05, 0.1) is 0 Å². The largest absolute Gasteiger partial charge is 0.352 e. The molecule has 1 aliphatic carbocycles. The molecule has 1 aromatic rings. The Kier molecular flexibility index (Phi) is 3.65. The first-order valence-corrected chi connectivity index (χ1v) is 6.31. The number of nitrogens with one attached hydrogen (secondary N) is 2. The Morgan fingerprint density at radius 3 is 2.61 bits per heavy atom. The zero-order valence-electron chi connectivity index (χ0n) is 10.7. The van der Waals surface area contributed by atoms with Crippen molar-refractivity contribution < 1.29 is 9.59 Å². The molecule has 2 rings (SSSR count). The first-order valence-electron chi connectivity index (χ1n) is 6.31. The Balaban J connectivity index is 2.09. The van der Waals surface area contributed by atoms with Gasteiger partial charge in [-0.3, -0.25) is 9.59 Å². The summed E-state index contributed by atoms with van der Waals surface area (Å²) in [6.45, 7) is 4.39. The van der Waals surface area contributed by atoms with E-state index in [0.29, 0.717) is 12.1 Å². The van der Waals surface area contributed by atoms with Crippen molar-refractivity contribution in [3.8, 4) is 0 Å². The Labute approximate surface area is 107 Å². The van der Waals surface area contributed by atoms with Gasteiger partial charge in [-0.25, -0.2) is 0 Å². The SMILES string of the molecule is CCNC(=O)c1ccc(NC(=O)C2CC2)c(C)c1. The minimum absolute atomic E-state index is 0.0827. The van der Waals surface area contributed by atoms with Crippen molar-refractivity contribution in [3.05, 3.63) is 29.3 Å². The molecule has 4 heteroatoms. The van der Waals surface area contributed by atoms with Gasteiger partial charge in [-0.2, -0.15) is 0 Å². The summed E-state index contributed by atoms with van der Waals surface area (Å²) in [6, 6.07) is 5.33. The molecule has 0 heterocycles. The fourth-order valence-electron chi connectivity index (χ4n) is 1.79. The van der Waals surface area contributed by atoms with Crippen LogP contribution in [0.1, 0.15) is 35.7 Å². The van der Waals surface area contributed by atoms with E-state index >= 15 is 0 Å². The van der Waals surface area contributed by atoms with E-state index in [1.54, 1.807) is 18.2 Å². The lowest BCUT2D eigenvalue weighted by Crippen LogP contribution is -2.23. The molecule has 2 amide bonds. The van der Waals surface area contributed by atoms with Crippen LogP contribution in [0.4, 0.5) is 5.69 Å². The number of rotatable bonds is 4. The van der Waals surface area contributed by atoms with Crippen LogP contribution >= 0.6 is 0 Å². The van der Waals surface area contributed by atoms with Crippen molar-refractivity contribution in [2.45, 2.75) is 26.7 Å². The molecule has 0 spiro atoms. The van der Waals surface area contributed by atoms with Crippen molar-refractivity contribution in [2.75, 3.05) is 11.9 Å². The molecule has 0 unspecified atom stereocenters. The van der Waals surface area contributed by atoms with Gasteiger partial charge in [0.25, 0.3) is 5.91 Å². The summed E-state index contributed by atoms with van der Waals surface area (Å²) in [5.74, 6) is 0.192. The first kappa shape index (κ1) is 12.6. The Morgan fingerprint density at radius 2 is 2.06 bits per heavy atom. The van der Waals surface area contributed by atoms with E-state index in [9.17, 15) is 9.59 Å². The molecule has 0 aliphatic heterocycles. The lowest BCUT2D eigenvalue weighted by Gasteiger charge is -2.09. The highest BCUT2D eigenvalue weighted by Crippen LogP contribution is 2.30. The first-order chi connectivity index (χ1) is 8.61. The number of hydrogen-bond donors (Lipinski definition) is 2. The molecule has 0 atom stereocenters. The average Bonchev–Trinajstić information content (AvgIpc) is 3.16. The highest BCUT2D eigenvalue weighted by Gasteiger charge is 2.29. The molecule has 4 nitrogen and oxygen atoms in total. The minimum atomic E-state index is -0.0827. The average molecular weight is 246 g/mol.